The summed E-state index contributed by atoms with van der Waals surface area (Å²) in [6, 6.07) is 4.11. The number of nitrogens with one attached hydrogen (secondary N) is 2. The molecule has 0 fully saturated rings. The zero-order valence-electron chi connectivity index (χ0n) is 13.6. The van der Waals surface area contributed by atoms with Crippen molar-refractivity contribution in [3.63, 3.8) is 0 Å². The number of nitro benzene ring substituents is 1. The number of nitro groups is 1. The summed E-state index contributed by atoms with van der Waals surface area (Å²) in [5.41, 5.74) is 1.38. The minimum atomic E-state index is -0.534. The molecule has 0 radical (unpaired) electrons. The number of rotatable bonds is 7. The van der Waals surface area contributed by atoms with Gasteiger partial charge in [-0.05, 0) is 19.9 Å². The summed E-state index contributed by atoms with van der Waals surface area (Å²) >= 11 is 1.36. The Labute approximate surface area is 143 Å². The van der Waals surface area contributed by atoms with Crippen LogP contribution < -0.4 is 10.6 Å². The molecule has 0 aliphatic heterocycles. The van der Waals surface area contributed by atoms with Crippen molar-refractivity contribution in [2.75, 3.05) is 30.9 Å². The molecule has 0 atom stereocenters. The smallest absolute Gasteiger partial charge is 0.270 e. The average molecular weight is 350 g/mol. The summed E-state index contributed by atoms with van der Waals surface area (Å²) in [6.07, 6.45) is 0. The first-order chi connectivity index (χ1) is 11.4. The molecule has 1 amide bonds. The third kappa shape index (κ3) is 4.27. The quantitative estimate of drug-likeness (QED) is 0.452. The van der Waals surface area contributed by atoms with E-state index in [2.05, 4.69) is 15.6 Å². The maximum atomic E-state index is 12.5. The second-order valence-corrected chi connectivity index (χ2v) is 6.22. The Morgan fingerprint density at radius 1 is 1.42 bits per heavy atom. The third-order valence-electron chi connectivity index (χ3n) is 3.33. The number of nitrogens with zero attached hydrogens (tertiary/aromatic N) is 2. The van der Waals surface area contributed by atoms with Gasteiger partial charge in [0.05, 0.1) is 22.8 Å². The van der Waals surface area contributed by atoms with Crippen LogP contribution in [-0.2, 0) is 4.74 Å². The van der Waals surface area contributed by atoms with Crippen LogP contribution >= 0.6 is 11.3 Å². The van der Waals surface area contributed by atoms with Crippen molar-refractivity contribution in [3.05, 3.63) is 44.4 Å². The number of benzene rings is 1. The van der Waals surface area contributed by atoms with Crippen molar-refractivity contribution in [2.45, 2.75) is 13.8 Å². The van der Waals surface area contributed by atoms with Crippen LogP contribution in [-0.4, -0.2) is 36.1 Å². The highest BCUT2D eigenvalue weighted by Crippen LogP contribution is 2.25. The van der Waals surface area contributed by atoms with E-state index >= 15 is 0 Å². The molecular weight excluding hydrogens is 332 g/mol. The first-order valence-electron chi connectivity index (χ1n) is 7.19. The molecule has 128 valence electrons. The van der Waals surface area contributed by atoms with Crippen LogP contribution in [0.2, 0.25) is 0 Å². The molecular formula is C15H18N4O4S. The van der Waals surface area contributed by atoms with E-state index < -0.39 is 10.8 Å². The Balaban J connectivity index is 2.27. The Bertz CT molecular complexity index is 740. The fourth-order valence-corrected chi connectivity index (χ4v) is 2.78. The van der Waals surface area contributed by atoms with Crippen molar-refractivity contribution >= 4 is 33.8 Å². The fraction of sp³-hybridized carbons (Fsp3) is 0.333. The number of amides is 1. The molecule has 0 aliphatic carbocycles. The summed E-state index contributed by atoms with van der Waals surface area (Å²) in [7, 11) is 1.57. The molecule has 0 saturated carbocycles. The summed E-state index contributed by atoms with van der Waals surface area (Å²) in [5, 5.41) is 17.2. The molecule has 24 heavy (non-hydrogen) atoms. The Morgan fingerprint density at radius 3 is 2.75 bits per heavy atom. The first kappa shape index (κ1) is 17.8. The number of aromatic nitrogens is 1. The molecule has 0 unspecified atom stereocenters. The van der Waals surface area contributed by atoms with Crippen LogP contribution in [0.1, 0.15) is 20.9 Å². The normalized spacial score (nSPS) is 10.5. The van der Waals surface area contributed by atoms with Gasteiger partial charge in [-0.3, -0.25) is 20.2 Å². The lowest BCUT2D eigenvalue weighted by molar-refractivity contribution is -0.384. The van der Waals surface area contributed by atoms with Crippen molar-refractivity contribution < 1.29 is 14.5 Å². The number of anilines is 2. The van der Waals surface area contributed by atoms with E-state index in [4.69, 9.17) is 4.74 Å². The van der Waals surface area contributed by atoms with Crippen LogP contribution in [0.5, 0.6) is 0 Å². The van der Waals surface area contributed by atoms with Crippen molar-refractivity contribution in [1.82, 2.24) is 4.98 Å². The van der Waals surface area contributed by atoms with Crippen molar-refractivity contribution in [1.29, 1.82) is 0 Å². The maximum Gasteiger partial charge on any atom is 0.270 e. The van der Waals surface area contributed by atoms with Crippen LogP contribution in [0.15, 0.2) is 18.2 Å². The van der Waals surface area contributed by atoms with Gasteiger partial charge < -0.3 is 10.1 Å². The molecule has 2 rings (SSSR count). The second-order valence-electron chi connectivity index (χ2n) is 5.02. The van der Waals surface area contributed by atoms with Crippen LogP contribution in [0, 0.1) is 24.0 Å². The number of ether oxygens (including phenoxy) is 1. The van der Waals surface area contributed by atoms with Crippen LogP contribution in [0.4, 0.5) is 16.5 Å². The molecule has 0 bridgehead atoms. The second kappa shape index (κ2) is 7.84. The lowest BCUT2D eigenvalue weighted by Gasteiger charge is -2.11. The van der Waals surface area contributed by atoms with Gasteiger partial charge in [0.15, 0.2) is 5.13 Å². The van der Waals surface area contributed by atoms with Gasteiger partial charge in [0.1, 0.15) is 0 Å². The van der Waals surface area contributed by atoms with Gasteiger partial charge in [0.2, 0.25) is 0 Å². The van der Waals surface area contributed by atoms with Gasteiger partial charge in [0, 0.05) is 36.4 Å². The number of non-ortho nitro benzene ring substituents is 1. The number of hydrogen-bond acceptors (Lipinski definition) is 7. The minimum absolute atomic E-state index is 0.149. The third-order valence-corrected chi connectivity index (χ3v) is 4.32. The molecule has 1 heterocycles. The predicted molar refractivity (Wildman–Crippen MR) is 93.0 cm³/mol. The van der Waals surface area contributed by atoms with E-state index in [1.165, 1.54) is 29.5 Å². The van der Waals surface area contributed by atoms with E-state index in [1.807, 2.05) is 13.8 Å². The SMILES string of the molecule is COCCNc1ccc([N+](=O)[O-])cc1C(=O)Nc1nc(C)c(C)s1. The molecule has 0 saturated heterocycles. The topological polar surface area (TPSA) is 106 Å². The molecule has 1 aromatic carbocycles. The van der Waals surface area contributed by atoms with Gasteiger partial charge in [0.25, 0.3) is 11.6 Å². The Hall–Kier alpha value is -2.52. The average Bonchev–Trinajstić information content (AvgIpc) is 2.85. The molecule has 8 nitrogen and oxygen atoms in total. The summed E-state index contributed by atoms with van der Waals surface area (Å²) < 4.78 is 4.96. The Kier molecular flexibility index (Phi) is 5.83. The van der Waals surface area contributed by atoms with Crippen molar-refractivity contribution in [2.24, 2.45) is 0 Å². The van der Waals surface area contributed by atoms with E-state index in [-0.39, 0.29) is 11.3 Å². The van der Waals surface area contributed by atoms with Crippen LogP contribution in [0.25, 0.3) is 0 Å². The summed E-state index contributed by atoms with van der Waals surface area (Å²) in [6.45, 7) is 4.69. The minimum Gasteiger partial charge on any atom is -0.383 e. The highest BCUT2D eigenvalue weighted by Gasteiger charge is 2.18. The predicted octanol–water partition coefficient (Wildman–Crippen LogP) is 2.98. The maximum absolute atomic E-state index is 12.5. The number of aryl methyl sites for hydroxylation is 2. The van der Waals surface area contributed by atoms with Gasteiger partial charge in [-0.15, -0.1) is 11.3 Å². The standard InChI is InChI=1S/C15H18N4O4S/c1-9-10(2)24-15(17-9)18-14(20)12-8-11(19(21)22)4-5-13(12)16-6-7-23-3/h4-5,8,16H,6-7H2,1-3H3,(H,17,18,20). The van der Waals surface area contributed by atoms with E-state index in [9.17, 15) is 14.9 Å². The lowest BCUT2D eigenvalue weighted by Crippen LogP contribution is -2.16. The molecule has 9 heteroatoms. The number of methoxy groups -OCH3 is 1. The summed E-state index contributed by atoms with van der Waals surface area (Å²) in [5.74, 6) is -0.452. The highest BCUT2D eigenvalue weighted by atomic mass is 32.1. The van der Waals surface area contributed by atoms with Gasteiger partial charge in [-0.2, -0.15) is 0 Å². The number of carbonyl (C=O) groups excluding carboxylic acids is 1. The van der Waals surface area contributed by atoms with Gasteiger partial charge in [-0.1, -0.05) is 0 Å². The van der Waals surface area contributed by atoms with Gasteiger partial charge >= 0.3 is 0 Å². The van der Waals surface area contributed by atoms with E-state index in [0.717, 1.165) is 10.6 Å². The Morgan fingerprint density at radius 2 is 2.17 bits per heavy atom. The molecule has 0 spiro atoms. The zero-order chi connectivity index (χ0) is 17.7. The molecule has 2 aromatic rings. The first-order valence-corrected chi connectivity index (χ1v) is 8.00. The number of hydrogen-bond donors (Lipinski definition) is 2. The molecule has 2 N–H and O–H groups in total. The van der Waals surface area contributed by atoms with Crippen molar-refractivity contribution in [3.8, 4) is 0 Å². The monoisotopic (exact) mass is 350 g/mol. The largest absolute Gasteiger partial charge is 0.383 e. The molecule has 1 aromatic heterocycles. The fourth-order valence-electron chi connectivity index (χ4n) is 1.97. The summed E-state index contributed by atoms with van der Waals surface area (Å²) in [4.78, 5) is 28.2. The van der Waals surface area contributed by atoms with E-state index in [0.29, 0.717) is 24.0 Å². The number of thiazole rings is 1. The van der Waals surface area contributed by atoms with Crippen LogP contribution in [0.3, 0.4) is 0 Å². The zero-order valence-corrected chi connectivity index (χ0v) is 14.4. The van der Waals surface area contributed by atoms with E-state index in [1.54, 1.807) is 7.11 Å². The number of carbonyl (C=O) groups is 1. The van der Waals surface area contributed by atoms with Gasteiger partial charge in [-0.25, -0.2) is 4.98 Å². The lowest BCUT2D eigenvalue weighted by atomic mass is 10.1. The highest BCUT2D eigenvalue weighted by molar-refractivity contribution is 7.15. The molecule has 0 aliphatic rings.